The monoisotopic (exact) mass is 334 g/mol. The molecule has 122 valence electrons. The Labute approximate surface area is 135 Å². The minimum Gasteiger partial charge on any atom is -0.490 e. The van der Waals surface area contributed by atoms with Gasteiger partial charge in [-0.3, -0.25) is 4.72 Å². The fourth-order valence-electron chi connectivity index (χ4n) is 2.53. The van der Waals surface area contributed by atoms with Gasteiger partial charge in [0.25, 0.3) is 10.0 Å². The Morgan fingerprint density at radius 2 is 2.09 bits per heavy atom. The standard InChI is InChI=1S/C16H18N2O4S/c1-10-8-12-9-13(4-6-15(12)22-10)23(19,20)18-14-5-7-16(21-3)17-11(14)2/h4-7,9-10,18H,8H2,1-3H3. The van der Waals surface area contributed by atoms with E-state index in [0.717, 1.165) is 11.3 Å². The Morgan fingerprint density at radius 1 is 1.30 bits per heavy atom. The molecule has 7 heteroatoms. The molecule has 2 aromatic rings. The molecule has 0 fully saturated rings. The molecule has 1 unspecified atom stereocenters. The number of hydrogen-bond acceptors (Lipinski definition) is 5. The SMILES string of the molecule is COc1ccc(NS(=O)(=O)c2ccc3c(c2)CC(C)O3)c(C)n1. The van der Waals surface area contributed by atoms with E-state index >= 15 is 0 Å². The van der Waals surface area contributed by atoms with Crippen LogP contribution in [0.25, 0.3) is 0 Å². The van der Waals surface area contributed by atoms with E-state index in [-0.39, 0.29) is 11.0 Å². The Balaban J connectivity index is 1.89. The lowest BCUT2D eigenvalue weighted by Crippen LogP contribution is -2.14. The highest BCUT2D eigenvalue weighted by molar-refractivity contribution is 7.92. The number of fused-ring (bicyclic) bond motifs is 1. The zero-order valence-electron chi connectivity index (χ0n) is 13.2. The van der Waals surface area contributed by atoms with Crippen LogP contribution in [0, 0.1) is 6.92 Å². The summed E-state index contributed by atoms with van der Waals surface area (Å²) in [5.74, 6) is 1.19. The smallest absolute Gasteiger partial charge is 0.261 e. The number of nitrogens with zero attached hydrogens (tertiary/aromatic N) is 1. The van der Waals surface area contributed by atoms with Crippen molar-refractivity contribution < 1.29 is 17.9 Å². The Morgan fingerprint density at radius 3 is 2.78 bits per heavy atom. The average Bonchev–Trinajstić information content (AvgIpc) is 2.88. The van der Waals surface area contributed by atoms with Gasteiger partial charge in [-0.2, -0.15) is 0 Å². The van der Waals surface area contributed by atoms with Crippen molar-refractivity contribution in [1.29, 1.82) is 0 Å². The molecule has 0 aliphatic carbocycles. The van der Waals surface area contributed by atoms with E-state index in [1.54, 1.807) is 37.3 Å². The van der Waals surface area contributed by atoms with Crippen LogP contribution >= 0.6 is 0 Å². The minimum atomic E-state index is -3.68. The summed E-state index contributed by atoms with van der Waals surface area (Å²) in [5.41, 5.74) is 1.88. The van der Waals surface area contributed by atoms with Gasteiger partial charge in [0.05, 0.1) is 23.4 Å². The van der Waals surface area contributed by atoms with Crippen LogP contribution in [0.3, 0.4) is 0 Å². The van der Waals surface area contributed by atoms with Crippen molar-refractivity contribution in [2.75, 3.05) is 11.8 Å². The number of methoxy groups -OCH3 is 1. The Kier molecular flexibility index (Phi) is 3.89. The van der Waals surface area contributed by atoms with Gasteiger partial charge in [-0.1, -0.05) is 0 Å². The summed E-state index contributed by atoms with van der Waals surface area (Å²) in [4.78, 5) is 4.38. The molecule has 0 saturated heterocycles. The number of aryl methyl sites for hydroxylation is 1. The van der Waals surface area contributed by atoms with Crippen molar-refractivity contribution in [3.8, 4) is 11.6 Å². The number of sulfonamides is 1. The van der Waals surface area contributed by atoms with Gasteiger partial charge in [0.1, 0.15) is 11.9 Å². The van der Waals surface area contributed by atoms with E-state index in [2.05, 4.69) is 9.71 Å². The van der Waals surface area contributed by atoms with E-state index in [4.69, 9.17) is 9.47 Å². The maximum absolute atomic E-state index is 12.6. The maximum atomic E-state index is 12.6. The van der Waals surface area contributed by atoms with E-state index in [1.165, 1.54) is 7.11 Å². The van der Waals surface area contributed by atoms with Gasteiger partial charge in [-0.05, 0) is 43.7 Å². The van der Waals surface area contributed by atoms with Crippen LogP contribution in [0.15, 0.2) is 35.2 Å². The number of benzene rings is 1. The normalized spacial score (nSPS) is 16.6. The first kappa shape index (κ1) is 15.6. The highest BCUT2D eigenvalue weighted by Gasteiger charge is 2.23. The topological polar surface area (TPSA) is 77.5 Å². The van der Waals surface area contributed by atoms with E-state index in [9.17, 15) is 8.42 Å². The number of rotatable bonds is 4. The van der Waals surface area contributed by atoms with Crippen molar-refractivity contribution in [2.24, 2.45) is 0 Å². The second-order valence-corrected chi connectivity index (χ2v) is 7.18. The largest absolute Gasteiger partial charge is 0.490 e. The van der Waals surface area contributed by atoms with Crippen molar-refractivity contribution in [3.05, 3.63) is 41.6 Å². The van der Waals surface area contributed by atoms with Crippen LogP contribution in [0.5, 0.6) is 11.6 Å². The molecule has 6 nitrogen and oxygen atoms in total. The number of hydrogen-bond donors (Lipinski definition) is 1. The zero-order valence-corrected chi connectivity index (χ0v) is 14.0. The van der Waals surface area contributed by atoms with Crippen LogP contribution in [0.1, 0.15) is 18.2 Å². The predicted octanol–water partition coefficient (Wildman–Crippen LogP) is 2.52. The Bertz CT molecular complexity index is 849. The first-order chi connectivity index (χ1) is 10.9. The Hall–Kier alpha value is -2.28. The summed E-state index contributed by atoms with van der Waals surface area (Å²) in [6.45, 7) is 3.68. The van der Waals surface area contributed by atoms with E-state index in [1.807, 2.05) is 6.92 Å². The zero-order chi connectivity index (χ0) is 16.6. The summed E-state index contributed by atoms with van der Waals surface area (Å²) in [6, 6.07) is 8.16. The second kappa shape index (κ2) is 5.73. The number of anilines is 1. The molecule has 23 heavy (non-hydrogen) atoms. The second-order valence-electron chi connectivity index (χ2n) is 5.49. The third-order valence-corrected chi connectivity index (χ3v) is 5.05. The van der Waals surface area contributed by atoms with Gasteiger partial charge in [-0.25, -0.2) is 13.4 Å². The summed E-state index contributed by atoms with van der Waals surface area (Å²) in [6.07, 6.45) is 0.783. The summed E-state index contributed by atoms with van der Waals surface area (Å²) in [5, 5.41) is 0. The lowest BCUT2D eigenvalue weighted by Gasteiger charge is -2.11. The predicted molar refractivity (Wildman–Crippen MR) is 86.6 cm³/mol. The van der Waals surface area contributed by atoms with Crippen molar-refractivity contribution in [2.45, 2.75) is 31.3 Å². The van der Waals surface area contributed by atoms with E-state index < -0.39 is 10.0 Å². The van der Waals surface area contributed by atoms with Gasteiger partial charge in [0.2, 0.25) is 5.88 Å². The minimum absolute atomic E-state index is 0.0731. The van der Waals surface area contributed by atoms with Gasteiger partial charge < -0.3 is 9.47 Å². The van der Waals surface area contributed by atoms with Crippen LogP contribution in [0.2, 0.25) is 0 Å². The van der Waals surface area contributed by atoms with Crippen molar-refractivity contribution in [1.82, 2.24) is 4.98 Å². The number of pyridine rings is 1. The van der Waals surface area contributed by atoms with Crippen LogP contribution in [0.4, 0.5) is 5.69 Å². The molecular weight excluding hydrogens is 316 g/mol. The van der Waals surface area contributed by atoms with Gasteiger partial charge >= 0.3 is 0 Å². The summed E-state index contributed by atoms with van der Waals surface area (Å²) >= 11 is 0. The van der Waals surface area contributed by atoms with Crippen LogP contribution in [-0.4, -0.2) is 26.6 Å². The molecule has 1 aliphatic rings. The maximum Gasteiger partial charge on any atom is 0.261 e. The lowest BCUT2D eigenvalue weighted by molar-refractivity contribution is 0.254. The van der Waals surface area contributed by atoms with Crippen molar-refractivity contribution >= 4 is 15.7 Å². The molecular formula is C16H18N2O4S. The molecule has 0 spiro atoms. The molecule has 3 rings (SSSR count). The quantitative estimate of drug-likeness (QED) is 0.929. The first-order valence-corrected chi connectivity index (χ1v) is 8.71. The molecule has 0 bridgehead atoms. The van der Waals surface area contributed by atoms with Crippen LogP contribution in [-0.2, 0) is 16.4 Å². The molecule has 1 aromatic carbocycles. The molecule has 1 aromatic heterocycles. The fraction of sp³-hybridized carbons (Fsp3) is 0.312. The first-order valence-electron chi connectivity index (χ1n) is 7.23. The molecule has 0 radical (unpaired) electrons. The van der Waals surface area contributed by atoms with Gasteiger partial charge in [0, 0.05) is 12.5 Å². The van der Waals surface area contributed by atoms with Crippen LogP contribution < -0.4 is 14.2 Å². The molecule has 2 heterocycles. The highest BCUT2D eigenvalue weighted by atomic mass is 32.2. The highest BCUT2D eigenvalue weighted by Crippen LogP contribution is 2.31. The summed E-state index contributed by atoms with van der Waals surface area (Å²) in [7, 11) is -2.17. The molecule has 1 aliphatic heterocycles. The summed E-state index contributed by atoms with van der Waals surface area (Å²) < 4.78 is 38.3. The fourth-order valence-corrected chi connectivity index (χ4v) is 3.70. The average molecular weight is 334 g/mol. The molecule has 0 saturated carbocycles. The molecule has 1 atom stereocenters. The van der Waals surface area contributed by atoms with Crippen molar-refractivity contribution in [3.63, 3.8) is 0 Å². The lowest BCUT2D eigenvalue weighted by atomic mass is 10.1. The van der Waals surface area contributed by atoms with E-state index in [0.29, 0.717) is 23.7 Å². The third kappa shape index (κ3) is 3.10. The van der Waals surface area contributed by atoms with Gasteiger partial charge in [0.15, 0.2) is 0 Å². The number of nitrogens with one attached hydrogen (secondary N) is 1. The third-order valence-electron chi connectivity index (χ3n) is 3.69. The number of aromatic nitrogens is 1. The molecule has 0 amide bonds. The number of ether oxygens (including phenoxy) is 2. The molecule has 1 N–H and O–H groups in total. The van der Waals surface area contributed by atoms with Gasteiger partial charge in [-0.15, -0.1) is 0 Å².